The molecule has 0 unspecified atom stereocenters. The lowest BCUT2D eigenvalue weighted by atomic mass is 10.2. The first-order valence-corrected chi connectivity index (χ1v) is 9.16. The molecule has 112 valence electrons. The molecule has 0 amide bonds. The van der Waals surface area contributed by atoms with E-state index in [9.17, 15) is 0 Å². The zero-order chi connectivity index (χ0) is 15.7. The van der Waals surface area contributed by atoms with E-state index in [2.05, 4.69) is 60.2 Å². The zero-order valence-electron chi connectivity index (χ0n) is 12.1. The van der Waals surface area contributed by atoms with Crippen molar-refractivity contribution in [1.29, 1.82) is 0 Å². The molecule has 0 aliphatic rings. The highest BCUT2D eigenvalue weighted by Gasteiger charge is 1.97. The molecule has 2 aromatic carbocycles. The molecule has 0 fully saturated rings. The average molecular weight is 363 g/mol. The number of para-hydroxylation sites is 1. The van der Waals surface area contributed by atoms with E-state index in [0.717, 1.165) is 13.4 Å². The lowest BCUT2D eigenvalue weighted by Crippen LogP contribution is -1.72. The van der Waals surface area contributed by atoms with Crippen LogP contribution in [0.25, 0.3) is 20.4 Å². The van der Waals surface area contributed by atoms with Crippen LogP contribution in [0.2, 0.25) is 0 Å². The number of rotatable bonds is 0. The van der Waals surface area contributed by atoms with Gasteiger partial charge < -0.3 is 9.97 Å². The van der Waals surface area contributed by atoms with Crippen molar-refractivity contribution in [3.63, 3.8) is 0 Å². The van der Waals surface area contributed by atoms with Gasteiger partial charge in [0.15, 0.2) is 7.91 Å². The van der Waals surface area contributed by atoms with Gasteiger partial charge in [-0.15, -0.1) is 22.7 Å². The fourth-order valence-corrected chi connectivity index (χ4v) is 4.46. The monoisotopic (exact) mass is 362 g/mol. The summed E-state index contributed by atoms with van der Waals surface area (Å²) in [5.74, 6) is 0. The Morgan fingerprint density at radius 2 is 1.59 bits per heavy atom. The van der Waals surface area contributed by atoms with Gasteiger partial charge in [-0.1, -0.05) is 18.2 Å². The van der Waals surface area contributed by atoms with Crippen molar-refractivity contribution in [2.45, 2.75) is 13.8 Å². The van der Waals surface area contributed by atoms with Gasteiger partial charge in [0.1, 0.15) is 0 Å². The molecular formula is C16H14N2S4. The summed E-state index contributed by atoms with van der Waals surface area (Å²) in [5.41, 5.74) is 4.86. The lowest BCUT2D eigenvalue weighted by molar-refractivity contribution is 1.41. The van der Waals surface area contributed by atoms with Crippen LogP contribution in [0.15, 0.2) is 36.4 Å². The normalized spacial score (nSPS) is 10.6. The highest BCUT2D eigenvalue weighted by Crippen LogP contribution is 2.21. The van der Waals surface area contributed by atoms with E-state index in [1.165, 1.54) is 26.0 Å². The Hall–Kier alpha value is -1.34. The van der Waals surface area contributed by atoms with E-state index in [4.69, 9.17) is 24.4 Å². The topological polar surface area (TPSA) is 31.6 Å². The number of thiazole rings is 2. The van der Waals surface area contributed by atoms with Crippen LogP contribution in [0.4, 0.5) is 0 Å². The number of fused-ring (bicyclic) bond motifs is 2. The van der Waals surface area contributed by atoms with Gasteiger partial charge in [-0.25, -0.2) is 0 Å². The Morgan fingerprint density at radius 1 is 0.864 bits per heavy atom. The van der Waals surface area contributed by atoms with Gasteiger partial charge >= 0.3 is 0 Å². The second-order valence-electron chi connectivity index (χ2n) is 4.98. The molecule has 0 aliphatic carbocycles. The largest absolute Gasteiger partial charge is 0.337 e. The molecule has 22 heavy (non-hydrogen) atoms. The summed E-state index contributed by atoms with van der Waals surface area (Å²) < 4.78 is 4.19. The average Bonchev–Trinajstić information content (AvgIpc) is 3.01. The van der Waals surface area contributed by atoms with Crippen molar-refractivity contribution in [1.82, 2.24) is 9.97 Å². The number of aryl methyl sites for hydroxylation is 2. The van der Waals surface area contributed by atoms with E-state index in [1.807, 2.05) is 0 Å². The van der Waals surface area contributed by atoms with Crippen molar-refractivity contribution >= 4 is 67.5 Å². The first kappa shape index (κ1) is 15.6. The first-order chi connectivity index (χ1) is 10.5. The standard InChI is InChI=1S/2C8H7NS2/c1-5-2-3-7-6(4-5)9-8(10)11-7;1-5-3-2-4-6-7(5)9-8(10)11-6/h2*2-4H,1H3,(H,9,10). The molecule has 0 aliphatic heterocycles. The maximum atomic E-state index is 5.04. The minimum absolute atomic E-state index is 0.852. The van der Waals surface area contributed by atoms with E-state index in [0.29, 0.717) is 0 Å². The van der Waals surface area contributed by atoms with Crippen LogP contribution in [0.3, 0.4) is 0 Å². The van der Waals surface area contributed by atoms with Crippen molar-refractivity contribution in [2.75, 3.05) is 0 Å². The number of aromatic amines is 2. The van der Waals surface area contributed by atoms with Crippen molar-refractivity contribution in [3.8, 4) is 0 Å². The lowest BCUT2D eigenvalue weighted by Gasteiger charge is -1.91. The summed E-state index contributed by atoms with van der Waals surface area (Å²) in [7, 11) is 0. The van der Waals surface area contributed by atoms with Gasteiger partial charge in [-0.05, 0) is 67.6 Å². The molecule has 0 saturated heterocycles. The molecular weight excluding hydrogens is 348 g/mol. The first-order valence-electron chi connectivity index (χ1n) is 6.71. The number of nitrogens with one attached hydrogen (secondary N) is 2. The number of hydrogen-bond donors (Lipinski definition) is 2. The maximum Gasteiger partial charge on any atom is 0.159 e. The third-order valence-electron chi connectivity index (χ3n) is 3.24. The van der Waals surface area contributed by atoms with Crippen molar-refractivity contribution in [2.24, 2.45) is 0 Å². The van der Waals surface area contributed by atoms with E-state index < -0.39 is 0 Å². The fourth-order valence-electron chi connectivity index (χ4n) is 2.18. The molecule has 2 heterocycles. The summed E-state index contributed by atoms with van der Waals surface area (Å²) in [4.78, 5) is 6.29. The van der Waals surface area contributed by atoms with E-state index in [1.54, 1.807) is 22.7 Å². The predicted molar refractivity (Wildman–Crippen MR) is 103 cm³/mol. The zero-order valence-corrected chi connectivity index (χ0v) is 15.4. The SMILES string of the molecule is Cc1ccc2sc(=S)[nH]c2c1.Cc1cccc2sc(=S)[nH]c12. The molecule has 2 N–H and O–H groups in total. The molecule has 4 aromatic rings. The molecule has 6 heteroatoms. The third-order valence-corrected chi connectivity index (χ3v) is 5.65. The van der Waals surface area contributed by atoms with Crippen molar-refractivity contribution < 1.29 is 0 Å². The Kier molecular flexibility index (Phi) is 4.54. The summed E-state index contributed by atoms with van der Waals surface area (Å²) in [6.45, 7) is 4.16. The van der Waals surface area contributed by atoms with Crippen LogP contribution in [-0.4, -0.2) is 9.97 Å². The van der Waals surface area contributed by atoms with Gasteiger partial charge in [-0.3, -0.25) is 0 Å². The van der Waals surface area contributed by atoms with Crippen LogP contribution >= 0.6 is 47.1 Å². The molecule has 4 rings (SSSR count). The van der Waals surface area contributed by atoms with Gasteiger partial charge in [0.2, 0.25) is 0 Å². The number of benzene rings is 2. The summed E-state index contributed by atoms with van der Waals surface area (Å²) in [5, 5.41) is 0. The third kappa shape index (κ3) is 3.35. The summed E-state index contributed by atoms with van der Waals surface area (Å²) in [6.07, 6.45) is 0. The van der Waals surface area contributed by atoms with Crippen LogP contribution < -0.4 is 0 Å². The molecule has 0 spiro atoms. The molecule has 0 bridgehead atoms. The minimum Gasteiger partial charge on any atom is -0.337 e. The fraction of sp³-hybridized carbons (Fsp3) is 0.125. The molecule has 2 nitrogen and oxygen atoms in total. The molecule has 0 atom stereocenters. The Bertz CT molecular complexity index is 1050. The Balaban J connectivity index is 0.000000131. The highest BCUT2D eigenvalue weighted by atomic mass is 32.2. The van der Waals surface area contributed by atoms with Gasteiger partial charge in [0.05, 0.1) is 20.4 Å². The maximum absolute atomic E-state index is 5.04. The summed E-state index contributed by atoms with van der Waals surface area (Å²) >= 11 is 13.3. The van der Waals surface area contributed by atoms with Crippen LogP contribution in [-0.2, 0) is 0 Å². The second-order valence-corrected chi connectivity index (χ2v) is 8.41. The number of H-pyrrole nitrogens is 2. The van der Waals surface area contributed by atoms with Crippen LogP contribution in [0, 0.1) is 21.8 Å². The summed E-state index contributed by atoms with van der Waals surface area (Å²) in [6, 6.07) is 12.5. The van der Waals surface area contributed by atoms with Gasteiger partial charge in [0, 0.05) is 0 Å². The van der Waals surface area contributed by atoms with Crippen LogP contribution in [0.5, 0.6) is 0 Å². The van der Waals surface area contributed by atoms with Crippen LogP contribution in [0.1, 0.15) is 11.1 Å². The predicted octanol–water partition coefficient (Wildman–Crippen LogP) is 6.53. The molecule has 2 aromatic heterocycles. The Morgan fingerprint density at radius 3 is 2.36 bits per heavy atom. The van der Waals surface area contributed by atoms with E-state index in [-0.39, 0.29) is 0 Å². The van der Waals surface area contributed by atoms with Gasteiger partial charge in [-0.2, -0.15) is 0 Å². The molecule has 0 radical (unpaired) electrons. The van der Waals surface area contributed by atoms with Crippen molar-refractivity contribution in [3.05, 3.63) is 55.4 Å². The quantitative estimate of drug-likeness (QED) is 0.348. The second kappa shape index (κ2) is 6.42. The minimum atomic E-state index is 0.852. The van der Waals surface area contributed by atoms with E-state index >= 15 is 0 Å². The smallest absolute Gasteiger partial charge is 0.159 e. The molecule has 0 saturated carbocycles. The number of hydrogen-bond acceptors (Lipinski definition) is 4. The van der Waals surface area contributed by atoms with Gasteiger partial charge in [0.25, 0.3) is 0 Å². The Labute approximate surface area is 146 Å². The highest BCUT2D eigenvalue weighted by molar-refractivity contribution is 7.74. The number of aromatic nitrogens is 2.